The Kier molecular flexibility index (Phi) is 3.71. The van der Waals surface area contributed by atoms with Crippen molar-refractivity contribution in [2.24, 2.45) is 0 Å². The summed E-state index contributed by atoms with van der Waals surface area (Å²) in [7, 11) is 1.63. The number of nitriles is 1. The van der Waals surface area contributed by atoms with Crippen LogP contribution in [0.2, 0.25) is 0 Å². The number of nitrogens with zero attached hydrogens (tertiary/aromatic N) is 4. The summed E-state index contributed by atoms with van der Waals surface area (Å²) in [4.78, 5) is 13.8. The average Bonchev–Trinajstić information content (AvgIpc) is 2.87. The molecule has 1 heterocycles. The summed E-state index contributed by atoms with van der Waals surface area (Å²) in [6.45, 7) is 2.56. The summed E-state index contributed by atoms with van der Waals surface area (Å²) in [6, 6.07) is 8.85. The molecule has 102 valence electrons. The molecular formula is C14H15N5O. The molecule has 0 atom stereocenters. The molecule has 0 unspecified atom stereocenters. The average molecular weight is 269 g/mol. The number of hydrogen-bond acceptors (Lipinski definition) is 4. The Balaban J connectivity index is 2.32. The van der Waals surface area contributed by atoms with Gasteiger partial charge in [-0.1, -0.05) is 6.07 Å². The van der Waals surface area contributed by atoms with Crippen LogP contribution in [0.3, 0.4) is 0 Å². The zero-order valence-corrected chi connectivity index (χ0v) is 11.4. The van der Waals surface area contributed by atoms with Crippen LogP contribution in [0.25, 0.3) is 0 Å². The first kappa shape index (κ1) is 13.6. The molecule has 0 saturated heterocycles. The van der Waals surface area contributed by atoms with Crippen molar-refractivity contribution in [3.05, 3.63) is 41.7 Å². The Morgan fingerprint density at radius 1 is 1.55 bits per heavy atom. The standard InChI is InChI=1S/C14H15N5O/c1-3-19-9-12(16)13(17-19)14(20)18(2)11-6-4-5-10(7-11)8-15/h4-7,9H,3,16H2,1-2H3. The number of aryl methyl sites for hydroxylation is 1. The third-order valence-electron chi connectivity index (χ3n) is 2.98. The normalized spacial score (nSPS) is 10.1. The quantitative estimate of drug-likeness (QED) is 0.917. The molecule has 0 radical (unpaired) electrons. The van der Waals surface area contributed by atoms with Gasteiger partial charge in [-0.15, -0.1) is 0 Å². The molecule has 0 aliphatic heterocycles. The van der Waals surface area contributed by atoms with Crippen molar-refractivity contribution in [2.75, 3.05) is 17.7 Å². The van der Waals surface area contributed by atoms with E-state index in [1.54, 1.807) is 42.2 Å². The van der Waals surface area contributed by atoms with E-state index in [-0.39, 0.29) is 11.6 Å². The number of aromatic nitrogens is 2. The minimum atomic E-state index is -0.301. The molecule has 0 spiro atoms. The Bertz CT molecular complexity index is 683. The highest BCUT2D eigenvalue weighted by atomic mass is 16.2. The van der Waals surface area contributed by atoms with Crippen LogP contribution in [-0.4, -0.2) is 22.7 Å². The molecule has 1 amide bonds. The van der Waals surface area contributed by atoms with E-state index in [1.165, 1.54) is 4.90 Å². The fraction of sp³-hybridized carbons (Fsp3) is 0.214. The third kappa shape index (κ3) is 2.47. The molecule has 1 aromatic carbocycles. The van der Waals surface area contributed by atoms with Crippen molar-refractivity contribution >= 4 is 17.3 Å². The SMILES string of the molecule is CCn1cc(N)c(C(=O)N(C)c2cccc(C#N)c2)n1. The maximum atomic E-state index is 12.4. The van der Waals surface area contributed by atoms with E-state index in [0.717, 1.165) is 0 Å². The second-order valence-corrected chi connectivity index (χ2v) is 4.32. The van der Waals surface area contributed by atoms with E-state index in [2.05, 4.69) is 5.10 Å². The number of nitrogen functional groups attached to an aromatic ring is 1. The fourth-order valence-electron chi connectivity index (χ4n) is 1.83. The van der Waals surface area contributed by atoms with E-state index < -0.39 is 0 Å². The molecule has 0 bridgehead atoms. The molecule has 20 heavy (non-hydrogen) atoms. The van der Waals surface area contributed by atoms with Gasteiger partial charge in [0.25, 0.3) is 5.91 Å². The molecular weight excluding hydrogens is 254 g/mol. The van der Waals surface area contributed by atoms with Gasteiger partial charge in [0, 0.05) is 25.5 Å². The molecule has 0 aliphatic rings. The molecule has 2 rings (SSSR count). The first-order chi connectivity index (χ1) is 9.56. The summed E-state index contributed by atoms with van der Waals surface area (Å²) < 4.78 is 1.61. The number of amides is 1. The smallest absolute Gasteiger partial charge is 0.280 e. The summed E-state index contributed by atoms with van der Waals surface area (Å²) >= 11 is 0. The molecule has 0 fully saturated rings. The predicted octanol–water partition coefficient (Wildman–Crippen LogP) is 1.63. The molecule has 1 aromatic heterocycles. The second kappa shape index (κ2) is 5.45. The molecule has 0 aliphatic carbocycles. The zero-order valence-electron chi connectivity index (χ0n) is 11.4. The van der Waals surface area contributed by atoms with Crippen molar-refractivity contribution in [3.63, 3.8) is 0 Å². The predicted molar refractivity (Wildman–Crippen MR) is 76.2 cm³/mol. The Morgan fingerprint density at radius 2 is 2.30 bits per heavy atom. The molecule has 2 N–H and O–H groups in total. The van der Waals surface area contributed by atoms with E-state index in [1.807, 2.05) is 13.0 Å². The number of anilines is 2. The number of hydrogen-bond donors (Lipinski definition) is 1. The van der Waals surface area contributed by atoms with Crippen molar-refractivity contribution < 1.29 is 4.79 Å². The number of rotatable bonds is 3. The van der Waals surface area contributed by atoms with E-state index >= 15 is 0 Å². The van der Waals surface area contributed by atoms with Gasteiger partial charge in [0.2, 0.25) is 0 Å². The van der Waals surface area contributed by atoms with Crippen LogP contribution in [0, 0.1) is 11.3 Å². The van der Waals surface area contributed by atoms with Gasteiger partial charge in [0.1, 0.15) is 0 Å². The second-order valence-electron chi connectivity index (χ2n) is 4.32. The van der Waals surface area contributed by atoms with Crippen LogP contribution in [0.15, 0.2) is 30.5 Å². The summed E-state index contributed by atoms with van der Waals surface area (Å²) in [5.41, 5.74) is 7.49. The van der Waals surface area contributed by atoms with Gasteiger partial charge in [-0.3, -0.25) is 9.48 Å². The number of carbonyl (C=O) groups is 1. The lowest BCUT2D eigenvalue weighted by Crippen LogP contribution is -2.27. The molecule has 6 nitrogen and oxygen atoms in total. The van der Waals surface area contributed by atoms with Gasteiger partial charge in [-0.2, -0.15) is 10.4 Å². The van der Waals surface area contributed by atoms with Crippen molar-refractivity contribution in [1.82, 2.24) is 9.78 Å². The van der Waals surface area contributed by atoms with Crippen LogP contribution in [-0.2, 0) is 6.54 Å². The number of carbonyl (C=O) groups excluding carboxylic acids is 1. The van der Waals surface area contributed by atoms with Crippen LogP contribution in [0.4, 0.5) is 11.4 Å². The maximum absolute atomic E-state index is 12.4. The summed E-state index contributed by atoms with van der Waals surface area (Å²) in [5, 5.41) is 13.0. The molecule has 0 saturated carbocycles. The van der Waals surface area contributed by atoms with Crippen molar-refractivity contribution in [1.29, 1.82) is 5.26 Å². The topological polar surface area (TPSA) is 87.9 Å². The van der Waals surface area contributed by atoms with E-state index in [0.29, 0.717) is 23.5 Å². The lowest BCUT2D eigenvalue weighted by molar-refractivity contribution is 0.0988. The van der Waals surface area contributed by atoms with E-state index in [9.17, 15) is 4.79 Å². The van der Waals surface area contributed by atoms with Crippen LogP contribution in [0.1, 0.15) is 23.0 Å². The molecule has 6 heteroatoms. The summed E-state index contributed by atoms with van der Waals surface area (Å²) in [6.07, 6.45) is 1.63. The number of nitrogens with two attached hydrogens (primary N) is 1. The van der Waals surface area contributed by atoms with E-state index in [4.69, 9.17) is 11.0 Å². The fourth-order valence-corrected chi connectivity index (χ4v) is 1.83. The highest BCUT2D eigenvalue weighted by Crippen LogP contribution is 2.19. The van der Waals surface area contributed by atoms with Crippen molar-refractivity contribution in [2.45, 2.75) is 13.5 Å². The van der Waals surface area contributed by atoms with Crippen LogP contribution >= 0.6 is 0 Å². The first-order valence-corrected chi connectivity index (χ1v) is 6.18. The van der Waals surface area contributed by atoms with Gasteiger partial charge >= 0.3 is 0 Å². The highest BCUT2D eigenvalue weighted by molar-refractivity contribution is 6.07. The van der Waals surface area contributed by atoms with Crippen LogP contribution < -0.4 is 10.6 Å². The van der Waals surface area contributed by atoms with Gasteiger partial charge < -0.3 is 10.6 Å². The largest absolute Gasteiger partial charge is 0.396 e. The number of benzene rings is 1. The first-order valence-electron chi connectivity index (χ1n) is 6.18. The third-order valence-corrected chi connectivity index (χ3v) is 2.98. The Morgan fingerprint density at radius 3 is 2.90 bits per heavy atom. The van der Waals surface area contributed by atoms with Gasteiger partial charge in [-0.05, 0) is 25.1 Å². The van der Waals surface area contributed by atoms with Gasteiger partial charge in [0.15, 0.2) is 5.69 Å². The minimum Gasteiger partial charge on any atom is -0.396 e. The monoisotopic (exact) mass is 269 g/mol. The highest BCUT2D eigenvalue weighted by Gasteiger charge is 2.20. The lowest BCUT2D eigenvalue weighted by atomic mass is 10.2. The Labute approximate surface area is 117 Å². The summed E-state index contributed by atoms with van der Waals surface area (Å²) in [5.74, 6) is -0.301. The molecule has 2 aromatic rings. The lowest BCUT2D eigenvalue weighted by Gasteiger charge is -2.16. The maximum Gasteiger partial charge on any atom is 0.280 e. The van der Waals surface area contributed by atoms with Gasteiger partial charge in [0.05, 0.1) is 17.3 Å². The van der Waals surface area contributed by atoms with Crippen molar-refractivity contribution in [3.8, 4) is 6.07 Å². The van der Waals surface area contributed by atoms with Gasteiger partial charge in [-0.25, -0.2) is 0 Å². The van der Waals surface area contributed by atoms with Crippen LogP contribution in [0.5, 0.6) is 0 Å². The zero-order chi connectivity index (χ0) is 14.7. The Hall–Kier alpha value is -2.81. The minimum absolute atomic E-state index is 0.219.